The normalized spacial score (nSPS) is 11.6. The Morgan fingerprint density at radius 1 is 0.514 bits per heavy atom. The van der Waals surface area contributed by atoms with E-state index in [1.54, 1.807) is 12.1 Å². The molecule has 0 N–H and O–H groups in total. The molecule has 0 aliphatic rings. The van der Waals surface area contributed by atoms with Gasteiger partial charge in [0.2, 0.25) is 0 Å². The number of hydrogen-bond donors (Lipinski definition) is 0. The van der Waals surface area contributed by atoms with Gasteiger partial charge in [-0.1, -0.05) is 64.1 Å². The molecule has 0 amide bonds. The van der Waals surface area contributed by atoms with Crippen molar-refractivity contribution in [2.75, 3.05) is 0 Å². The summed E-state index contributed by atoms with van der Waals surface area (Å²) in [4.78, 5) is -0.191. The second-order valence-electron chi connectivity index (χ2n) is 8.61. The SMILES string of the molecule is CCc1ccc2cc(S(=O)(=O)[O-])c(CC)cc2c1.CCc1ccc2cc(S(=O)(=O)[O-])c(CC)cc2c1.[Ca+2]. The predicted octanol–water partition coefficient (Wildman–Crippen LogP) is 5.36. The van der Waals surface area contributed by atoms with Crippen LogP contribution in [0.2, 0.25) is 0 Å². The molecule has 0 bridgehead atoms. The molecule has 192 valence electrons. The Kier molecular flexibility index (Phi) is 11.2. The molecule has 0 radical (unpaired) electrons. The molecule has 0 aliphatic carbocycles. The Labute approximate surface area is 249 Å². The largest absolute Gasteiger partial charge is 2.00 e. The van der Waals surface area contributed by atoms with Gasteiger partial charge >= 0.3 is 37.7 Å². The number of rotatable bonds is 6. The zero-order valence-electron chi connectivity index (χ0n) is 21.6. The summed E-state index contributed by atoms with van der Waals surface area (Å²) in [6.45, 7) is 7.83. The molecule has 37 heavy (non-hydrogen) atoms. The Morgan fingerprint density at radius 3 is 1.14 bits per heavy atom. The van der Waals surface area contributed by atoms with Crippen LogP contribution < -0.4 is 0 Å². The Bertz CT molecular complexity index is 1500. The van der Waals surface area contributed by atoms with E-state index in [9.17, 15) is 25.9 Å². The molecular formula is C28H30CaO6S2. The fraction of sp³-hybridized carbons (Fsp3) is 0.286. The molecular weight excluding hydrogens is 537 g/mol. The predicted molar refractivity (Wildman–Crippen MR) is 147 cm³/mol. The van der Waals surface area contributed by atoms with Crippen LogP contribution in [-0.4, -0.2) is 63.7 Å². The summed E-state index contributed by atoms with van der Waals surface area (Å²) in [5, 5.41) is 3.55. The van der Waals surface area contributed by atoms with E-state index in [1.165, 1.54) is 23.3 Å². The van der Waals surface area contributed by atoms with E-state index < -0.39 is 20.2 Å². The van der Waals surface area contributed by atoms with E-state index in [1.807, 2.05) is 50.2 Å². The van der Waals surface area contributed by atoms with Crippen LogP contribution in [0.5, 0.6) is 0 Å². The minimum absolute atomic E-state index is 0. The second kappa shape index (κ2) is 13.0. The standard InChI is InChI=1S/2C14H16O3S.Ca/c2*1-3-10-5-6-12-9-14(18(15,16)17)11(4-2)8-13(12)7-10;/h2*5-9H,3-4H2,1-2H3,(H,15,16,17);/q;;+2/p-2. The first kappa shape index (κ1) is 31.7. The summed E-state index contributed by atoms with van der Waals surface area (Å²) < 4.78 is 67.3. The van der Waals surface area contributed by atoms with Gasteiger partial charge in [0.1, 0.15) is 20.2 Å². The van der Waals surface area contributed by atoms with Crippen molar-refractivity contribution < 1.29 is 25.9 Å². The summed E-state index contributed by atoms with van der Waals surface area (Å²) in [5.41, 5.74) is 3.57. The summed E-state index contributed by atoms with van der Waals surface area (Å²) >= 11 is 0. The van der Waals surface area contributed by atoms with Crippen molar-refractivity contribution in [3.05, 3.63) is 82.9 Å². The van der Waals surface area contributed by atoms with Gasteiger partial charge in [0.05, 0.1) is 9.79 Å². The molecule has 6 nitrogen and oxygen atoms in total. The zero-order valence-corrected chi connectivity index (χ0v) is 25.4. The molecule has 4 aromatic rings. The van der Waals surface area contributed by atoms with Crippen molar-refractivity contribution >= 4 is 79.5 Å². The average molecular weight is 567 g/mol. The van der Waals surface area contributed by atoms with Gasteiger partial charge in [-0.15, -0.1) is 0 Å². The molecule has 0 atom stereocenters. The Balaban J connectivity index is 0.000000253. The van der Waals surface area contributed by atoms with Crippen LogP contribution in [0.15, 0.2) is 70.5 Å². The van der Waals surface area contributed by atoms with Crippen molar-refractivity contribution in [2.45, 2.75) is 63.2 Å². The second-order valence-corrected chi connectivity index (χ2v) is 11.3. The molecule has 0 heterocycles. The van der Waals surface area contributed by atoms with Crippen LogP contribution in [-0.2, 0) is 45.9 Å². The summed E-state index contributed by atoms with van der Waals surface area (Å²) in [6.07, 6.45) is 2.92. The number of benzene rings is 4. The Morgan fingerprint density at radius 2 is 0.865 bits per heavy atom. The van der Waals surface area contributed by atoms with Gasteiger partial charge in [0.15, 0.2) is 0 Å². The molecule has 0 aliphatic heterocycles. The minimum atomic E-state index is -4.40. The van der Waals surface area contributed by atoms with Gasteiger partial charge in [-0.25, -0.2) is 16.8 Å². The maximum Gasteiger partial charge on any atom is 2.00 e. The van der Waals surface area contributed by atoms with E-state index in [0.717, 1.165) is 34.4 Å². The van der Waals surface area contributed by atoms with Crippen molar-refractivity contribution in [1.82, 2.24) is 0 Å². The van der Waals surface area contributed by atoms with Crippen LogP contribution in [0.4, 0.5) is 0 Å². The van der Waals surface area contributed by atoms with Gasteiger partial charge in [0.25, 0.3) is 0 Å². The maximum atomic E-state index is 11.2. The number of aryl methyl sites for hydroxylation is 4. The van der Waals surface area contributed by atoms with E-state index in [0.29, 0.717) is 24.0 Å². The molecule has 0 saturated carbocycles. The first-order chi connectivity index (χ1) is 16.9. The molecule has 0 fully saturated rings. The molecule has 0 saturated heterocycles. The van der Waals surface area contributed by atoms with Crippen molar-refractivity contribution in [1.29, 1.82) is 0 Å². The van der Waals surface area contributed by atoms with Crippen molar-refractivity contribution in [3.63, 3.8) is 0 Å². The quantitative estimate of drug-likeness (QED) is 0.229. The van der Waals surface area contributed by atoms with Crippen LogP contribution in [0, 0.1) is 0 Å². The fourth-order valence-electron chi connectivity index (χ4n) is 4.20. The zero-order chi connectivity index (χ0) is 26.7. The third kappa shape index (κ3) is 7.76. The smallest absolute Gasteiger partial charge is 0.744 e. The third-order valence-electron chi connectivity index (χ3n) is 6.29. The fourth-order valence-corrected chi connectivity index (χ4v) is 5.80. The van der Waals surface area contributed by atoms with Crippen LogP contribution >= 0.6 is 0 Å². The average Bonchev–Trinajstić information content (AvgIpc) is 2.85. The molecule has 4 rings (SSSR count). The van der Waals surface area contributed by atoms with Crippen LogP contribution in [0.1, 0.15) is 49.9 Å². The van der Waals surface area contributed by atoms with Gasteiger partial charge < -0.3 is 9.11 Å². The van der Waals surface area contributed by atoms with E-state index >= 15 is 0 Å². The third-order valence-corrected chi connectivity index (χ3v) is 8.12. The minimum Gasteiger partial charge on any atom is -0.744 e. The van der Waals surface area contributed by atoms with E-state index in [-0.39, 0.29) is 47.5 Å². The topological polar surface area (TPSA) is 114 Å². The maximum absolute atomic E-state index is 11.2. The molecule has 0 aromatic heterocycles. The van der Waals surface area contributed by atoms with Crippen molar-refractivity contribution in [2.24, 2.45) is 0 Å². The van der Waals surface area contributed by atoms with Gasteiger partial charge in [0, 0.05) is 0 Å². The summed E-state index contributed by atoms with van der Waals surface area (Å²) in [6, 6.07) is 18.3. The van der Waals surface area contributed by atoms with E-state index in [2.05, 4.69) is 13.8 Å². The van der Waals surface area contributed by atoms with Gasteiger partial charge in [-0.3, -0.25) is 0 Å². The van der Waals surface area contributed by atoms with Crippen LogP contribution in [0.3, 0.4) is 0 Å². The molecule has 4 aromatic carbocycles. The van der Waals surface area contributed by atoms with Crippen molar-refractivity contribution in [3.8, 4) is 0 Å². The Hall–Kier alpha value is -1.52. The van der Waals surface area contributed by atoms with Gasteiger partial charge in [-0.2, -0.15) is 0 Å². The first-order valence-corrected chi connectivity index (χ1v) is 14.8. The summed E-state index contributed by atoms with van der Waals surface area (Å²) in [5.74, 6) is 0. The molecule has 9 heteroatoms. The monoisotopic (exact) mass is 566 g/mol. The van der Waals surface area contributed by atoms with Crippen LogP contribution in [0.25, 0.3) is 21.5 Å². The number of fused-ring (bicyclic) bond motifs is 2. The van der Waals surface area contributed by atoms with Gasteiger partial charge in [-0.05, 0) is 93.7 Å². The molecule has 0 unspecified atom stereocenters. The van der Waals surface area contributed by atoms with E-state index in [4.69, 9.17) is 0 Å². The summed E-state index contributed by atoms with van der Waals surface area (Å²) in [7, 11) is -8.81. The number of hydrogen-bond acceptors (Lipinski definition) is 6. The molecule has 0 spiro atoms. The first-order valence-electron chi connectivity index (χ1n) is 11.9.